The lowest BCUT2D eigenvalue weighted by Crippen LogP contribution is -2.54. The number of nitrogens with one attached hydrogen (secondary N) is 1. The summed E-state index contributed by atoms with van der Waals surface area (Å²) < 4.78 is 50.2. The molecule has 0 atom stereocenters. The number of amides is 1. The van der Waals surface area contributed by atoms with Gasteiger partial charge in [0.2, 0.25) is 5.91 Å². The van der Waals surface area contributed by atoms with Crippen molar-refractivity contribution in [3.05, 3.63) is 0 Å². The Labute approximate surface area is 121 Å². The molecule has 4 nitrogen and oxygen atoms in total. The van der Waals surface area contributed by atoms with Crippen LogP contribution in [0.1, 0.15) is 12.8 Å². The van der Waals surface area contributed by atoms with Gasteiger partial charge in [-0.05, 0) is 25.3 Å². The van der Waals surface area contributed by atoms with Crippen molar-refractivity contribution in [2.45, 2.75) is 25.2 Å². The van der Waals surface area contributed by atoms with Gasteiger partial charge in [-0.2, -0.15) is 8.78 Å². The fourth-order valence-corrected chi connectivity index (χ4v) is 2.34. The highest BCUT2D eigenvalue weighted by Crippen LogP contribution is 2.27. The van der Waals surface area contributed by atoms with Crippen molar-refractivity contribution in [2.75, 3.05) is 45.8 Å². The van der Waals surface area contributed by atoms with Crippen LogP contribution in [0.15, 0.2) is 0 Å². The third-order valence-electron chi connectivity index (χ3n) is 3.88. The number of alkyl halides is 4. The normalized spacial score (nSPS) is 21.1. The molecule has 0 spiro atoms. The fraction of sp³-hybridized carbons (Fsp3) is 0.923. The second-order valence-corrected chi connectivity index (χ2v) is 5.79. The molecule has 0 bridgehead atoms. The summed E-state index contributed by atoms with van der Waals surface area (Å²) in [6.07, 6.45) is -1.24. The van der Waals surface area contributed by atoms with Gasteiger partial charge in [0.15, 0.2) is 0 Å². The summed E-state index contributed by atoms with van der Waals surface area (Å²) in [5, 5.41) is 3.08. The number of carbonyl (C=O) groups excluding carboxylic acids is 1. The lowest BCUT2D eigenvalue weighted by Gasteiger charge is -2.36. The van der Waals surface area contributed by atoms with Crippen LogP contribution in [0.4, 0.5) is 17.6 Å². The maximum Gasteiger partial charge on any atom is 0.319 e. The third kappa shape index (κ3) is 5.10. The highest BCUT2D eigenvalue weighted by Gasteiger charge is 2.42. The topological polar surface area (TPSA) is 35.6 Å². The highest BCUT2D eigenvalue weighted by molar-refractivity contribution is 5.78. The number of nitrogens with zero attached hydrogens (tertiary/aromatic N) is 2. The Balaban J connectivity index is 1.66. The summed E-state index contributed by atoms with van der Waals surface area (Å²) in [5.41, 5.74) is 0. The summed E-state index contributed by atoms with van der Waals surface area (Å²) in [5.74, 6) is -3.36. The monoisotopic (exact) mass is 311 g/mol. The molecule has 122 valence electrons. The van der Waals surface area contributed by atoms with Gasteiger partial charge in [-0.1, -0.05) is 0 Å². The van der Waals surface area contributed by atoms with E-state index in [1.54, 1.807) is 4.90 Å². The molecule has 1 aliphatic carbocycles. The zero-order valence-corrected chi connectivity index (χ0v) is 11.8. The van der Waals surface area contributed by atoms with Crippen molar-refractivity contribution >= 4 is 5.91 Å². The van der Waals surface area contributed by atoms with Crippen molar-refractivity contribution in [3.63, 3.8) is 0 Å². The quantitative estimate of drug-likeness (QED) is 0.714. The van der Waals surface area contributed by atoms with Gasteiger partial charge in [0.25, 0.3) is 0 Å². The van der Waals surface area contributed by atoms with E-state index in [9.17, 15) is 22.4 Å². The predicted molar refractivity (Wildman–Crippen MR) is 69.6 cm³/mol. The Bertz CT molecular complexity index is 355. The molecule has 1 heterocycles. The highest BCUT2D eigenvalue weighted by atomic mass is 19.3. The first-order valence-electron chi connectivity index (χ1n) is 7.25. The van der Waals surface area contributed by atoms with Gasteiger partial charge in [0, 0.05) is 26.2 Å². The van der Waals surface area contributed by atoms with Crippen LogP contribution >= 0.6 is 0 Å². The Hall–Kier alpha value is -0.890. The molecule has 0 aromatic carbocycles. The molecule has 0 aromatic heterocycles. The van der Waals surface area contributed by atoms with E-state index in [0.717, 1.165) is 6.54 Å². The van der Waals surface area contributed by atoms with Crippen molar-refractivity contribution in [2.24, 2.45) is 5.92 Å². The first kappa shape index (κ1) is 16.5. The Morgan fingerprint density at radius 2 is 1.81 bits per heavy atom. The fourth-order valence-electron chi connectivity index (χ4n) is 2.34. The molecule has 2 aliphatic rings. The molecule has 1 N–H and O–H groups in total. The van der Waals surface area contributed by atoms with Gasteiger partial charge >= 0.3 is 12.3 Å². The van der Waals surface area contributed by atoms with Crippen LogP contribution in [0.25, 0.3) is 0 Å². The van der Waals surface area contributed by atoms with Crippen molar-refractivity contribution in [1.82, 2.24) is 15.1 Å². The standard InChI is InChI=1S/C13H21F4N3O/c14-12(15)13(16,17)9-19-3-5-20(6-4-19)11(21)8-18-7-10-1-2-10/h10,12,18H,1-9H2. The Morgan fingerprint density at radius 1 is 1.19 bits per heavy atom. The number of piperazine rings is 1. The molecule has 1 amide bonds. The van der Waals surface area contributed by atoms with Gasteiger partial charge in [-0.3, -0.25) is 9.69 Å². The minimum absolute atomic E-state index is 0.0593. The number of hydrogen-bond donors (Lipinski definition) is 1. The van der Waals surface area contributed by atoms with Gasteiger partial charge in [-0.15, -0.1) is 0 Å². The molecule has 2 fully saturated rings. The number of rotatable bonds is 7. The lowest BCUT2D eigenvalue weighted by atomic mass is 10.2. The van der Waals surface area contributed by atoms with E-state index in [4.69, 9.17) is 0 Å². The summed E-state index contributed by atoms with van der Waals surface area (Å²) in [6.45, 7) is 1.17. The van der Waals surface area contributed by atoms with Crippen molar-refractivity contribution in [1.29, 1.82) is 0 Å². The average molecular weight is 311 g/mol. The van der Waals surface area contributed by atoms with Gasteiger partial charge in [0.05, 0.1) is 13.1 Å². The van der Waals surface area contributed by atoms with E-state index in [1.165, 1.54) is 17.7 Å². The molecule has 8 heteroatoms. The summed E-state index contributed by atoms with van der Waals surface area (Å²) >= 11 is 0. The van der Waals surface area contributed by atoms with E-state index >= 15 is 0 Å². The molecule has 1 saturated carbocycles. The molecule has 1 saturated heterocycles. The predicted octanol–water partition coefficient (Wildman–Crippen LogP) is 1.03. The Morgan fingerprint density at radius 3 is 2.33 bits per heavy atom. The number of halogens is 4. The molecule has 0 aromatic rings. The first-order valence-corrected chi connectivity index (χ1v) is 7.25. The minimum atomic E-state index is -3.99. The van der Waals surface area contributed by atoms with Crippen molar-refractivity contribution < 1.29 is 22.4 Å². The molecule has 0 radical (unpaired) electrons. The zero-order valence-electron chi connectivity index (χ0n) is 11.8. The average Bonchev–Trinajstić information content (AvgIpc) is 3.23. The number of carbonyl (C=O) groups is 1. The maximum atomic E-state index is 13.0. The van der Waals surface area contributed by atoms with Crippen molar-refractivity contribution in [3.8, 4) is 0 Å². The van der Waals surface area contributed by atoms with Crippen LogP contribution in [0.5, 0.6) is 0 Å². The van der Waals surface area contributed by atoms with E-state index in [1.807, 2.05) is 0 Å². The van der Waals surface area contributed by atoms with Crippen LogP contribution in [0.3, 0.4) is 0 Å². The SMILES string of the molecule is O=C(CNCC1CC1)N1CCN(CC(F)(F)C(F)F)CC1. The smallest absolute Gasteiger partial charge is 0.319 e. The largest absolute Gasteiger partial charge is 0.339 e. The zero-order chi connectivity index (χ0) is 15.5. The van der Waals surface area contributed by atoms with E-state index < -0.39 is 18.9 Å². The van der Waals surface area contributed by atoms with E-state index in [2.05, 4.69) is 5.32 Å². The lowest BCUT2D eigenvalue weighted by molar-refractivity contribution is -0.148. The van der Waals surface area contributed by atoms with Gasteiger partial charge in [0.1, 0.15) is 0 Å². The molecule has 0 unspecified atom stereocenters. The molecular formula is C13H21F4N3O. The van der Waals surface area contributed by atoms with Gasteiger partial charge < -0.3 is 10.2 Å². The first-order chi connectivity index (χ1) is 9.88. The third-order valence-corrected chi connectivity index (χ3v) is 3.88. The summed E-state index contributed by atoms with van der Waals surface area (Å²) in [4.78, 5) is 14.8. The van der Waals surface area contributed by atoms with E-state index in [-0.39, 0.29) is 25.5 Å². The minimum Gasteiger partial charge on any atom is -0.339 e. The Kier molecular flexibility index (Phi) is 5.43. The molecule has 21 heavy (non-hydrogen) atoms. The second-order valence-electron chi connectivity index (χ2n) is 5.79. The second kappa shape index (κ2) is 6.91. The van der Waals surface area contributed by atoms with Crippen LogP contribution in [-0.4, -0.2) is 73.9 Å². The van der Waals surface area contributed by atoms with Gasteiger partial charge in [-0.25, -0.2) is 8.78 Å². The summed E-state index contributed by atoms with van der Waals surface area (Å²) in [6, 6.07) is 0. The number of hydrogen-bond acceptors (Lipinski definition) is 3. The van der Waals surface area contributed by atoms with Crippen LogP contribution < -0.4 is 5.32 Å². The molecular weight excluding hydrogens is 290 g/mol. The molecule has 1 aliphatic heterocycles. The maximum absolute atomic E-state index is 13.0. The molecule has 2 rings (SSSR count). The van der Waals surface area contributed by atoms with Crippen LogP contribution in [-0.2, 0) is 4.79 Å². The van der Waals surface area contributed by atoms with Crippen LogP contribution in [0.2, 0.25) is 0 Å². The van der Waals surface area contributed by atoms with Crippen LogP contribution in [0, 0.1) is 5.92 Å². The summed E-state index contributed by atoms with van der Waals surface area (Å²) in [7, 11) is 0. The van der Waals surface area contributed by atoms with E-state index in [0.29, 0.717) is 19.0 Å².